The maximum atomic E-state index is 11.6. The second-order valence-electron chi connectivity index (χ2n) is 7.72. The standard InChI is InChI=1S/C22H39NO8S/c1-2-3-4-5-6-7-8-9-10-11-12-13-14-15-16-17-20(24)23-30-21(25)18-19-22(26)31-32(27,28)29/h9-10H,2-8,11-19H2,1H3,(H,23,24)(H,27,28,29)/b10-9-. The lowest BCUT2D eigenvalue weighted by Gasteiger charge is -2.05. The van der Waals surface area contributed by atoms with E-state index in [1.165, 1.54) is 44.9 Å². The van der Waals surface area contributed by atoms with E-state index in [4.69, 9.17) is 4.55 Å². The second kappa shape index (κ2) is 19.7. The van der Waals surface area contributed by atoms with Gasteiger partial charge in [0.05, 0.1) is 12.8 Å². The van der Waals surface area contributed by atoms with Crippen LogP contribution < -0.4 is 5.48 Å². The van der Waals surface area contributed by atoms with Gasteiger partial charge in [0.25, 0.3) is 5.91 Å². The lowest BCUT2D eigenvalue weighted by atomic mass is 10.1. The molecule has 0 aliphatic rings. The Morgan fingerprint density at radius 2 is 1.25 bits per heavy atom. The average Bonchev–Trinajstić information content (AvgIpc) is 2.72. The Bertz CT molecular complexity index is 661. The lowest BCUT2D eigenvalue weighted by molar-refractivity contribution is -0.159. The van der Waals surface area contributed by atoms with Crippen molar-refractivity contribution in [2.75, 3.05) is 0 Å². The molecule has 0 spiro atoms. The molecule has 0 saturated heterocycles. The third-order valence-electron chi connectivity index (χ3n) is 4.68. The van der Waals surface area contributed by atoms with Crippen LogP contribution in [0.1, 0.15) is 110 Å². The first kappa shape index (κ1) is 30.1. The van der Waals surface area contributed by atoms with Crippen LogP contribution in [-0.4, -0.2) is 30.8 Å². The number of hydrogen-bond acceptors (Lipinski definition) is 7. The summed E-state index contributed by atoms with van der Waals surface area (Å²) in [4.78, 5) is 38.5. The van der Waals surface area contributed by atoms with Gasteiger partial charge >= 0.3 is 22.3 Å². The molecule has 0 aliphatic heterocycles. The first-order valence-electron chi connectivity index (χ1n) is 11.6. The van der Waals surface area contributed by atoms with Crippen molar-refractivity contribution >= 4 is 28.2 Å². The minimum absolute atomic E-state index is 0.218. The minimum Gasteiger partial charge on any atom is -0.341 e. The molecule has 1 amide bonds. The van der Waals surface area contributed by atoms with Crippen molar-refractivity contribution in [1.82, 2.24) is 5.48 Å². The van der Waals surface area contributed by atoms with E-state index in [0.29, 0.717) is 6.42 Å². The molecule has 186 valence electrons. The number of hydroxylamine groups is 1. The Hall–Kier alpha value is -1.94. The largest absolute Gasteiger partial charge is 0.448 e. The van der Waals surface area contributed by atoms with Crippen molar-refractivity contribution in [2.45, 2.75) is 110 Å². The van der Waals surface area contributed by atoms with Crippen LogP contribution in [0, 0.1) is 0 Å². The summed E-state index contributed by atoms with van der Waals surface area (Å²) in [6, 6.07) is 0. The summed E-state index contributed by atoms with van der Waals surface area (Å²) < 4.78 is 32.6. The maximum absolute atomic E-state index is 11.6. The SMILES string of the molecule is CCCCCCCC/C=C\CCCCCCCC(=O)NOC(=O)CCC(=O)OS(=O)(=O)O. The van der Waals surface area contributed by atoms with Crippen molar-refractivity contribution in [2.24, 2.45) is 0 Å². The predicted octanol–water partition coefficient (Wildman–Crippen LogP) is 4.72. The molecule has 32 heavy (non-hydrogen) atoms. The number of hydrogen-bond donors (Lipinski definition) is 2. The zero-order chi connectivity index (χ0) is 24.1. The van der Waals surface area contributed by atoms with Gasteiger partial charge in [0.1, 0.15) is 0 Å². The summed E-state index contributed by atoms with van der Waals surface area (Å²) in [6.07, 6.45) is 18.7. The number of allylic oxidation sites excluding steroid dienone is 2. The van der Waals surface area contributed by atoms with Gasteiger partial charge in [-0.3, -0.25) is 14.1 Å². The normalized spacial score (nSPS) is 11.4. The zero-order valence-corrected chi connectivity index (χ0v) is 20.0. The highest BCUT2D eigenvalue weighted by molar-refractivity contribution is 7.81. The van der Waals surface area contributed by atoms with Gasteiger partial charge in [-0.15, -0.1) is 0 Å². The Morgan fingerprint density at radius 1 is 0.750 bits per heavy atom. The van der Waals surface area contributed by atoms with E-state index >= 15 is 0 Å². The van der Waals surface area contributed by atoms with Gasteiger partial charge in [-0.1, -0.05) is 70.4 Å². The van der Waals surface area contributed by atoms with Gasteiger partial charge in [-0.2, -0.15) is 13.9 Å². The van der Waals surface area contributed by atoms with E-state index in [0.717, 1.165) is 32.1 Å². The van der Waals surface area contributed by atoms with E-state index in [-0.39, 0.29) is 6.42 Å². The smallest absolute Gasteiger partial charge is 0.341 e. The fraction of sp³-hybridized carbons (Fsp3) is 0.773. The third kappa shape index (κ3) is 22.7. The van der Waals surface area contributed by atoms with Gasteiger partial charge in [-0.25, -0.2) is 4.79 Å². The monoisotopic (exact) mass is 477 g/mol. The van der Waals surface area contributed by atoms with Crippen LogP contribution in [0.25, 0.3) is 0 Å². The number of rotatable bonds is 19. The van der Waals surface area contributed by atoms with Gasteiger partial charge in [0.15, 0.2) is 0 Å². The Kier molecular flexibility index (Phi) is 18.5. The lowest BCUT2D eigenvalue weighted by Crippen LogP contribution is -2.27. The number of amides is 1. The Balaban J connectivity index is 3.50. The first-order chi connectivity index (χ1) is 15.2. The van der Waals surface area contributed by atoms with Crippen molar-refractivity contribution in [3.05, 3.63) is 12.2 Å². The van der Waals surface area contributed by atoms with Gasteiger partial charge in [-0.05, 0) is 32.1 Å². The van der Waals surface area contributed by atoms with E-state index in [2.05, 4.69) is 28.1 Å². The molecule has 0 saturated carbocycles. The quantitative estimate of drug-likeness (QED) is 0.118. The summed E-state index contributed by atoms with van der Waals surface area (Å²) in [5.74, 6) is -2.67. The molecular formula is C22H39NO8S. The topological polar surface area (TPSA) is 136 Å². The van der Waals surface area contributed by atoms with Crippen LogP contribution in [0.4, 0.5) is 0 Å². The molecule has 2 N–H and O–H groups in total. The van der Waals surface area contributed by atoms with Crippen LogP contribution in [0.3, 0.4) is 0 Å². The van der Waals surface area contributed by atoms with E-state index < -0.39 is 41.1 Å². The molecule has 0 atom stereocenters. The molecule has 0 aromatic carbocycles. The van der Waals surface area contributed by atoms with Crippen LogP contribution >= 0.6 is 0 Å². The highest BCUT2D eigenvalue weighted by Gasteiger charge is 2.16. The molecule has 0 heterocycles. The van der Waals surface area contributed by atoms with Crippen LogP contribution in [-0.2, 0) is 33.8 Å². The Morgan fingerprint density at radius 3 is 1.81 bits per heavy atom. The van der Waals surface area contributed by atoms with Crippen molar-refractivity contribution < 1.29 is 36.4 Å². The van der Waals surface area contributed by atoms with Gasteiger partial charge < -0.3 is 9.02 Å². The number of carbonyl (C=O) groups excluding carboxylic acids is 3. The van der Waals surface area contributed by atoms with Crippen LogP contribution in [0.15, 0.2) is 12.2 Å². The number of carbonyl (C=O) groups is 3. The fourth-order valence-electron chi connectivity index (χ4n) is 2.94. The molecule has 0 bridgehead atoms. The summed E-state index contributed by atoms with van der Waals surface area (Å²) in [6.45, 7) is 2.23. The summed E-state index contributed by atoms with van der Waals surface area (Å²) >= 11 is 0. The van der Waals surface area contributed by atoms with E-state index in [1.807, 2.05) is 5.48 Å². The average molecular weight is 478 g/mol. The van der Waals surface area contributed by atoms with Gasteiger partial charge in [0, 0.05) is 6.42 Å². The second-order valence-corrected chi connectivity index (χ2v) is 8.74. The maximum Gasteiger partial charge on any atom is 0.448 e. The van der Waals surface area contributed by atoms with Crippen molar-refractivity contribution in [3.8, 4) is 0 Å². The summed E-state index contributed by atoms with van der Waals surface area (Å²) in [5.41, 5.74) is 1.99. The number of unbranched alkanes of at least 4 members (excludes halogenated alkanes) is 11. The molecule has 0 rings (SSSR count). The predicted molar refractivity (Wildman–Crippen MR) is 121 cm³/mol. The first-order valence-corrected chi connectivity index (χ1v) is 12.9. The molecule has 10 heteroatoms. The third-order valence-corrected chi connectivity index (χ3v) is 5.07. The molecule has 0 fully saturated rings. The Labute approximate surface area is 192 Å². The van der Waals surface area contributed by atoms with Crippen molar-refractivity contribution in [1.29, 1.82) is 0 Å². The zero-order valence-electron chi connectivity index (χ0n) is 19.2. The van der Waals surface area contributed by atoms with Crippen LogP contribution in [0.5, 0.6) is 0 Å². The van der Waals surface area contributed by atoms with Gasteiger partial charge in [0.2, 0.25) is 0 Å². The van der Waals surface area contributed by atoms with E-state index in [9.17, 15) is 22.8 Å². The molecule has 0 radical (unpaired) electrons. The van der Waals surface area contributed by atoms with E-state index in [1.54, 1.807) is 0 Å². The van der Waals surface area contributed by atoms with Crippen LogP contribution in [0.2, 0.25) is 0 Å². The molecule has 0 aliphatic carbocycles. The summed E-state index contributed by atoms with van der Waals surface area (Å²) in [7, 11) is -4.90. The molecular weight excluding hydrogens is 438 g/mol. The molecule has 9 nitrogen and oxygen atoms in total. The molecule has 0 aromatic heterocycles. The molecule has 0 aromatic rings. The summed E-state index contributed by atoms with van der Waals surface area (Å²) in [5, 5.41) is 0. The highest BCUT2D eigenvalue weighted by Crippen LogP contribution is 2.10. The number of nitrogens with one attached hydrogen (secondary N) is 1. The molecule has 0 unspecified atom stereocenters. The van der Waals surface area contributed by atoms with Crippen molar-refractivity contribution in [3.63, 3.8) is 0 Å². The fourth-order valence-corrected chi connectivity index (χ4v) is 3.25. The minimum atomic E-state index is -4.90. The highest BCUT2D eigenvalue weighted by atomic mass is 32.3.